The van der Waals surface area contributed by atoms with Crippen LogP contribution in [0.4, 0.5) is 8.78 Å². The third-order valence-corrected chi connectivity index (χ3v) is 4.65. The minimum atomic E-state index is -0.605. The highest BCUT2D eigenvalue weighted by molar-refractivity contribution is 7.99. The van der Waals surface area contributed by atoms with Crippen LogP contribution >= 0.6 is 34.7 Å². The Kier molecular flexibility index (Phi) is 4.96. The van der Waals surface area contributed by atoms with Crippen LogP contribution in [0.2, 0.25) is 4.34 Å². The van der Waals surface area contributed by atoms with Gasteiger partial charge in [-0.3, -0.25) is 4.79 Å². The van der Waals surface area contributed by atoms with Crippen molar-refractivity contribution in [3.05, 3.63) is 51.2 Å². The molecular formula is C13H9ClF2OS2. The molecule has 0 atom stereocenters. The van der Waals surface area contributed by atoms with E-state index < -0.39 is 11.6 Å². The zero-order valence-corrected chi connectivity index (χ0v) is 12.0. The lowest BCUT2D eigenvalue weighted by Gasteiger charge is -2.02. The predicted molar refractivity (Wildman–Crippen MR) is 75.4 cm³/mol. The van der Waals surface area contributed by atoms with Gasteiger partial charge < -0.3 is 0 Å². The number of rotatable bonds is 5. The van der Waals surface area contributed by atoms with Crippen LogP contribution in [0.3, 0.4) is 0 Å². The first-order valence-electron chi connectivity index (χ1n) is 5.42. The molecule has 1 aromatic heterocycles. The topological polar surface area (TPSA) is 17.1 Å². The van der Waals surface area contributed by atoms with E-state index in [1.54, 1.807) is 12.1 Å². The summed E-state index contributed by atoms with van der Waals surface area (Å²) in [4.78, 5) is 12.7. The number of benzene rings is 1. The van der Waals surface area contributed by atoms with Gasteiger partial charge in [-0.1, -0.05) is 11.6 Å². The maximum Gasteiger partial charge on any atom is 0.173 e. The average molecular weight is 319 g/mol. The van der Waals surface area contributed by atoms with Crippen molar-refractivity contribution in [2.75, 3.05) is 5.75 Å². The first kappa shape index (κ1) is 14.5. The van der Waals surface area contributed by atoms with Crippen LogP contribution in [0.25, 0.3) is 0 Å². The second-order valence-electron chi connectivity index (χ2n) is 3.70. The summed E-state index contributed by atoms with van der Waals surface area (Å²) in [5, 5.41) is 0. The highest BCUT2D eigenvalue weighted by atomic mass is 35.5. The highest BCUT2D eigenvalue weighted by Gasteiger charge is 2.10. The Balaban J connectivity index is 1.88. The number of thioether (sulfide) groups is 1. The van der Waals surface area contributed by atoms with E-state index in [1.165, 1.54) is 35.2 Å². The number of hydrogen-bond donors (Lipinski definition) is 0. The average Bonchev–Trinajstić information content (AvgIpc) is 2.78. The van der Waals surface area contributed by atoms with E-state index in [4.69, 9.17) is 11.6 Å². The maximum atomic E-state index is 13.3. The fourth-order valence-electron chi connectivity index (χ4n) is 1.43. The summed E-state index contributed by atoms with van der Waals surface area (Å²) in [6.07, 6.45) is 0.290. The monoisotopic (exact) mass is 318 g/mol. The smallest absolute Gasteiger partial charge is 0.173 e. The largest absolute Gasteiger partial charge is 0.293 e. The van der Waals surface area contributed by atoms with Crippen LogP contribution in [0.1, 0.15) is 16.1 Å². The first-order chi connectivity index (χ1) is 9.06. The Labute approximate surface area is 122 Å². The van der Waals surface area contributed by atoms with Crippen molar-refractivity contribution in [2.24, 2.45) is 0 Å². The fourth-order valence-corrected chi connectivity index (χ4v) is 3.31. The number of Topliss-reactive ketones (excluding diaryl/α,β-unsaturated/α-hetero) is 1. The molecule has 0 amide bonds. The van der Waals surface area contributed by atoms with Crippen LogP contribution < -0.4 is 0 Å². The molecule has 0 aliphatic rings. The van der Waals surface area contributed by atoms with Gasteiger partial charge in [-0.15, -0.1) is 23.1 Å². The minimum Gasteiger partial charge on any atom is -0.293 e. The number of carbonyl (C=O) groups excluding carboxylic acids is 1. The SMILES string of the molecule is O=C(CCSc1ccc(F)cc1F)c1ccc(Cl)s1. The van der Waals surface area contributed by atoms with Gasteiger partial charge in [0.1, 0.15) is 11.6 Å². The van der Waals surface area contributed by atoms with Crippen LogP contribution in [0.5, 0.6) is 0 Å². The molecule has 1 heterocycles. The van der Waals surface area contributed by atoms with Crippen molar-refractivity contribution in [1.82, 2.24) is 0 Å². The Morgan fingerprint density at radius 2 is 2.05 bits per heavy atom. The first-order valence-corrected chi connectivity index (χ1v) is 7.60. The highest BCUT2D eigenvalue weighted by Crippen LogP contribution is 2.26. The quantitative estimate of drug-likeness (QED) is 0.567. The Morgan fingerprint density at radius 3 is 2.68 bits per heavy atom. The zero-order valence-electron chi connectivity index (χ0n) is 9.66. The third-order valence-electron chi connectivity index (χ3n) is 2.33. The van der Waals surface area contributed by atoms with Crippen molar-refractivity contribution < 1.29 is 13.6 Å². The van der Waals surface area contributed by atoms with Gasteiger partial charge in [0, 0.05) is 23.1 Å². The van der Waals surface area contributed by atoms with Gasteiger partial charge >= 0.3 is 0 Å². The minimum absolute atomic E-state index is 0.0214. The van der Waals surface area contributed by atoms with Gasteiger partial charge in [-0.25, -0.2) is 8.78 Å². The molecule has 6 heteroatoms. The van der Waals surface area contributed by atoms with E-state index in [0.29, 0.717) is 26.3 Å². The van der Waals surface area contributed by atoms with E-state index in [0.717, 1.165) is 6.07 Å². The molecule has 19 heavy (non-hydrogen) atoms. The summed E-state index contributed by atoms with van der Waals surface area (Å²) in [6, 6.07) is 6.77. The van der Waals surface area contributed by atoms with Crippen molar-refractivity contribution in [3.8, 4) is 0 Å². The summed E-state index contributed by atoms with van der Waals surface area (Å²) < 4.78 is 26.6. The van der Waals surface area contributed by atoms with Crippen molar-refractivity contribution in [1.29, 1.82) is 0 Å². The number of carbonyl (C=O) groups is 1. The van der Waals surface area contributed by atoms with Crippen LogP contribution in [-0.4, -0.2) is 11.5 Å². The second kappa shape index (κ2) is 6.50. The second-order valence-corrected chi connectivity index (χ2v) is 6.55. The normalized spacial score (nSPS) is 10.7. The summed E-state index contributed by atoms with van der Waals surface area (Å²) in [5.41, 5.74) is 0. The molecule has 0 aliphatic heterocycles. The van der Waals surface area contributed by atoms with E-state index >= 15 is 0 Å². The molecular weight excluding hydrogens is 310 g/mol. The van der Waals surface area contributed by atoms with Crippen LogP contribution in [0.15, 0.2) is 35.2 Å². The number of thiophene rings is 1. The molecule has 0 spiro atoms. The van der Waals surface area contributed by atoms with Gasteiger partial charge in [-0.05, 0) is 24.3 Å². The lowest BCUT2D eigenvalue weighted by molar-refractivity contribution is 0.0993. The fraction of sp³-hybridized carbons (Fsp3) is 0.154. The van der Waals surface area contributed by atoms with Crippen molar-refractivity contribution >= 4 is 40.5 Å². The maximum absolute atomic E-state index is 13.3. The molecule has 2 rings (SSSR count). The molecule has 0 bridgehead atoms. The van der Waals surface area contributed by atoms with Crippen molar-refractivity contribution in [2.45, 2.75) is 11.3 Å². The lowest BCUT2D eigenvalue weighted by atomic mass is 10.3. The van der Waals surface area contributed by atoms with Gasteiger partial charge in [0.15, 0.2) is 5.78 Å². The standard InChI is InChI=1S/C13H9ClF2OS2/c14-13-4-3-12(19-13)10(17)5-6-18-11-2-1-8(15)7-9(11)16/h1-4,7H,5-6H2. The van der Waals surface area contributed by atoms with E-state index in [9.17, 15) is 13.6 Å². The Hall–Kier alpha value is -0.910. The van der Waals surface area contributed by atoms with Gasteiger partial charge in [0.05, 0.1) is 9.21 Å². The summed E-state index contributed by atoms with van der Waals surface area (Å²) in [7, 11) is 0. The van der Waals surface area contributed by atoms with E-state index in [-0.39, 0.29) is 5.78 Å². The zero-order chi connectivity index (χ0) is 13.8. The van der Waals surface area contributed by atoms with Crippen molar-refractivity contribution in [3.63, 3.8) is 0 Å². The molecule has 0 radical (unpaired) electrons. The molecule has 2 aromatic rings. The van der Waals surface area contributed by atoms with Gasteiger partial charge in [-0.2, -0.15) is 0 Å². The summed E-state index contributed by atoms with van der Waals surface area (Å²) in [6.45, 7) is 0. The number of hydrogen-bond acceptors (Lipinski definition) is 3. The predicted octanol–water partition coefficient (Wildman–Crippen LogP) is 5.04. The Morgan fingerprint density at radius 1 is 1.26 bits per heavy atom. The molecule has 0 saturated heterocycles. The van der Waals surface area contributed by atoms with E-state index in [1.807, 2.05) is 0 Å². The van der Waals surface area contributed by atoms with Crippen LogP contribution in [0, 0.1) is 11.6 Å². The lowest BCUT2D eigenvalue weighted by Crippen LogP contribution is -1.97. The molecule has 0 unspecified atom stereocenters. The van der Waals surface area contributed by atoms with Crippen LogP contribution in [-0.2, 0) is 0 Å². The van der Waals surface area contributed by atoms with Gasteiger partial charge in [0.25, 0.3) is 0 Å². The van der Waals surface area contributed by atoms with E-state index in [2.05, 4.69) is 0 Å². The number of halogens is 3. The third kappa shape index (κ3) is 4.03. The summed E-state index contributed by atoms with van der Waals surface area (Å²) >= 11 is 8.17. The molecule has 1 nitrogen and oxygen atoms in total. The summed E-state index contributed by atoms with van der Waals surface area (Å²) in [5.74, 6) is -0.786. The molecule has 0 saturated carbocycles. The number of ketones is 1. The molecule has 100 valence electrons. The Bertz CT molecular complexity index is 598. The molecule has 0 aliphatic carbocycles. The molecule has 1 aromatic carbocycles. The molecule has 0 N–H and O–H groups in total. The molecule has 0 fully saturated rings. The van der Waals surface area contributed by atoms with Gasteiger partial charge in [0.2, 0.25) is 0 Å².